The van der Waals surface area contributed by atoms with Crippen LogP contribution in [0.15, 0.2) is 18.2 Å². The smallest absolute Gasteiger partial charge is 0.00103 e. The fraction of sp³-hybridized carbons (Fsp3) is 0.667. The van der Waals surface area contributed by atoms with Gasteiger partial charge in [-0.05, 0) is 67.7 Å². The van der Waals surface area contributed by atoms with Crippen molar-refractivity contribution in [3.05, 3.63) is 34.9 Å². The average molecular weight is 259 g/mol. The van der Waals surface area contributed by atoms with Crippen molar-refractivity contribution in [3.8, 4) is 0 Å². The Labute approximate surface area is 118 Å². The number of fused-ring (bicyclic) bond motifs is 1. The van der Waals surface area contributed by atoms with Gasteiger partial charge in [-0.3, -0.25) is 0 Å². The van der Waals surface area contributed by atoms with E-state index in [1.807, 2.05) is 0 Å². The Morgan fingerprint density at radius 2 is 1.84 bits per heavy atom. The minimum atomic E-state index is 0.615. The van der Waals surface area contributed by atoms with Crippen LogP contribution in [-0.4, -0.2) is 12.6 Å². The third kappa shape index (κ3) is 4.65. The number of hydrogen-bond donors (Lipinski definition) is 1. The fourth-order valence-electron chi connectivity index (χ4n) is 2.96. The van der Waals surface area contributed by atoms with Gasteiger partial charge in [0.2, 0.25) is 0 Å². The number of rotatable bonds is 7. The lowest BCUT2D eigenvalue weighted by atomic mass is 9.96. The van der Waals surface area contributed by atoms with Crippen LogP contribution in [0.4, 0.5) is 0 Å². The molecule has 1 nitrogen and oxygen atoms in total. The van der Waals surface area contributed by atoms with E-state index in [4.69, 9.17) is 0 Å². The average Bonchev–Trinajstić information content (AvgIpc) is 2.83. The quantitative estimate of drug-likeness (QED) is 0.776. The summed E-state index contributed by atoms with van der Waals surface area (Å²) in [6.45, 7) is 7.98. The maximum absolute atomic E-state index is 3.51. The van der Waals surface area contributed by atoms with Gasteiger partial charge in [-0.25, -0.2) is 0 Å². The first kappa shape index (κ1) is 14.6. The van der Waals surface area contributed by atoms with Crippen LogP contribution in [0.1, 0.15) is 56.7 Å². The second kappa shape index (κ2) is 7.09. The molecule has 0 saturated heterocycles. The van der Waals surface area contributed by atoms with Gasteiger partial charge in [0.1, 0.15) is 0 Å². The zero-order valence-corrected chi connectivity index (χ0v) is 12.8. The van der Waals surface area contributed by atoms with Crippen molar-refractivity contribution in [1.29, 1.82) is 0 Å². The number of benzene rings is 1. The highest BCUT2D eigenvalue weighted by Gasteiger charge is 2.11. The summed E-state index contributed by atoms with van der Waals surface area (Å²) in [7, 11) is 0. The molecule has 0 saturated carbocycles. The summed E-state index contributed by atoms with van der Waals surface area (Å²) in [5.74, 6) is 0.819. The number of aryl methyl sites for hydroxylation is 3. The van der Waals surface area contributed by atoms with Gasteiger partial charge in [0.15, 0.2) is 0 Å². The number of hydrogen-bond acceptors (Lipinski definition) is 1. The van der Waals surface area contributed by atoms with E-state index in [0.29, 0.717) is 6.04 Å². The van der Waals surface area contributed by atoms with Crippen molar-refractivity contribution in [2.75, 3.05) is 6.54 Å². The second-order valence-corrected chi connectivity index (χ2v) is 6.50. The molecule has 0 bridgehead atoms. The molecule has 0 aromatic heterocycles. The highest BCUT2D eigenvalue weighted by Crippen LogP contribution is 2.24. The summed E-state index contributed by atoms with van der Waals surface area (Å²) >= 11 is 0. The van der Waals surface area contributed by atoms with Gasteiger partial charge in [-0.15, -0.1) is 0 Å². The predicted molar refractivity (Wildman–Crippen MR) is 83.7 cm³/mol. The van der Waals surface area contributed by atoms with Gasteiger partial charge in [0.25, 0.3) is 0 Å². The van der Waals surface area contributed by atoms with Gasteiger partial charge >= 0.3 is 0 Å². The molecule has 0 radical (unpaired) electrons. The topological polar surface area (TPSA) is 12.0 Å². The van der Waals surface area contributed by atoms with E-state index in [1.54, 1.807) is 16.7 Å². The predicted octanol–water partition coefficient (Wildman–Crippen LogP) is 4.13. The van der Waals surface area contributed by atoms with Crippen LogP contribution in [0.3, 0.4) is 0 Å². The standard InChI is InChI=1S/C18H29N/c1-14(2)19-12-11-15(3)7-8-16-9-10-17-5-4-6-18(17)13-16/h9-10,13-15,19H,4-8,11-12H2,1-3H3. The Morgan fingerprint density at radius 1 is 1.05 bits per heavy atom. The van der Waals surface area contributed by atoms with Crippen LogP contribution in [0, 0.1) is 5.92 Å². The minimum absolute atomic E-state index is 0.615. The largest absolute Gasteiger partial charge is 0.315 e. The Kier molecular flexibility index (Phi) is 5.45. The Morgan fingerprint density at radius 3 is 2.63 bits per heavy atom. The molecule has 19 heavy (non-hydrogen) atoms. The highest BCUT2D eigenvalue weighted by molar-refractivity contribution is 5.35. The summed E-state index contributed by atoms with van der Waals surface area (Å²) in [5.41, 5.74) is 4.76. The molecule has 1 N–H and O–H groups in total. The second-order valence-electron chi connectivity index (χ2n) is 6.50. The lowest BCUT2D eigenvalue weighted by Crippen LogP contribution is -2.24. The molecule has 1 atom stereocenters. The molecule has 0 amide bonds. The van der Waals surface area contributed by atoms with Gasteiger partial charge in [0, 0.05) is 6.04 Å². The van der Waals surface area contributed by atoms with Crippen LogP contribution < -0.4 is 5.32 Å². The normalized spacial score (nSPS) is 15.8. The summed E-state index contributed by atoms with van der Waals surface area (Å²) in [5, 5.41) is 3.51. The van der Waals surface area contributed by atoms with Crippen molar-refractivity contribution in [2.24, 2.45) is 5.92 Å². The summed E-state index contributed by atoms with van der Waals surface area (Å²) in [4.78, 5) is 0. The molecule has 1 aromatic carbocycles. The molecule has 1 heteroatoms. The molecule has 106 valence electrons. The molecule has 0 spiro atoms. The molecule has 1 unspecified atom stereocenters. The lowest BCUT2D eigenvalue weighted by Gasteiger charge is -2.14. The van der Waals surface area contributed by atoms with E-state index in [9.17, 15) is 0 Å². The van der Waals surface area contributed by atoms with Crippen molar-refractivity contribution < 1.29 is 0 Å². The van der Waals surface area contributed by atoms with Crippen LogP contribution in [0.5, 0.6) is 0 Å². The fourth-order valence-corrected chi connectivity index (χ4v) is 2.96. The first-order valence-corrected chi connectivity index (χ1v) is 7.99. The van der Waals surface area contributed by atoms with E-state index in [1.165, 1.54) is 38.5 Å². The van der Waals surface area contributed by atoms with Crippen molar-refractivity contribution in [3.63, 3.8) is 0 Å². The Balaban J connectivity index is 1.73. The number of nitrogens with one attached hydrogen (secondary N) is 1. The maximum Gasteiger partial charge on any atom is 0.00103 e. The molecule has 1 aliphatic carbocycles. The summed E-state index contributed by atoms with van der Waals surface area (Å²) in [6, 6.07) is 7.79. The maximum atomic E-state index is 3.51. The van der Waals surface area contributed by atoms with Crippen LogP contribution in [0.25, 0.3) is 0 Å². The third-order valence-electron chi connectivity index (χ3n) is 4.28. The molecular formula is C18H29N. The van der Waals surface area contributed by atoms with E-state index in [0.717, 1.165) is 12.5 Å². The van der Waals surface area contributed by atoms with Gasteiger partial charge in [0.05, 0.1) is 0 Å². The van der Waals surface area contributed by atoms with Crippen LogP contribution >= 0.6 is 0 Å². The summed E-state index contributed by atoms with van der Waals surface area (Å²) < 4.78 is 0. The SMILES string of the molecule is CC(CCNC(C)C)CCc1ccc2c(c1)CCC2. The van der Waals surface area contributed by atoms with E-state index >= 15 is 0 Å². The van der Waals surface area contributed by atoms with Gasteiger partial charge < -0.3 is 5.32 Å². The molecular weight excluding hydrogens is 230 g/mol. The molecule has 0 heterocycles. The summed E-state index contributed by atoms with van der Waals surface area (Å²) in [6.07, 6.45) is 7.82. The minimum Gasteiger partial charge on any atom is -0.315 e. The zero-order valence-electron chi connectivity index (χ0n) is 12.8. The first-order chi connectivity index (χ1) is 9.15. The molecule has 2 rings (SSSR count). The van der Waals surface area contributed by atoms with Crippen LogP contribution in [-0.2, 0) is 19.3 Å². The lowest BCUT2D eigenvalue weighted by molar-refractivity contribution is 0.454. The van der Waals surface area contributed by atoms with Gasteiger partial charge in [-0.1, -0.05) is 39.0 Å². The molecule has 0 aliphatic heterocycles. The van der Waals surface area contributed by atoms with E-state index in [2.05, 4.69) is 44.3 Å². The third-order valence-corrected chi connectivity index (χ3v) is 4.28. The first-order valence-electron chi connectivity index (χ1n) is 7.99. The van der Waals surface area contributed by atoms with Gasteiger partial charge in [-0.2, -0.15) is 0 Å². The van der Waals surface area contributed by atoms with Crippen molar-refractivity contribution in [1.82, 2.24) is 5.32 Å². The van der Waals surface area contributed by atoms with Crippen LogP contribution in [0.2, 0.25) is 0 Å². The molecule has 1 aliphatic rings. The van der Waals surface area contributed by atoms with E-state index in [-0.39, 0.29) is 0 Å². The molecule has 1 aromatic rings. The Bertz CT molecular complexity index is 395. The highest BCUT2D eigenvalue weighted by atomic mass is 14.9. The Hall–Kier alpha value is -0.820. The molecule has 0 fully saturated rings. The monoisotopic (exact) mass is 259 g/mol. The van der Waals surface area contributed by atoms with Crippen molar-refractivity contribution in [2.45, 2.75) is 65.3 Å². The van der Waals surface area contributed by atoms with Crippen molar-refractivity contribution >= 4 is 0 Å². The van der Waals surface area contributed by atoms with E-state index < -0.39 is 0 Å². The zero-order chi connectivity index (χ0) is 13.7.